The van der Waals surface area contributed by atoms with Gasteiger partial charge in [0.1, 0.15) is 0 Å². The van der Waals surface area contributed by atoms with Crippen molar-refractivity contribution in [3.8, 4) is 0 Å². The molecule has 0 radical (unpaired) electrons. The molecule has 4 aliphatic carbocycles. The van der Waals surface area contributed by atoms with Crippen LogP contribution in [-0.4, -0.2) is 30.6 Å². The Morgan fingerprint density at radius 1 is 0.912 bits per heavy atom. The molecule has 6 rings (SSSR count). The third kappa shape index (κ3) is 3.03. The highest BCUT2D eigenvalue weighted by atomic mass is 16.7. The van der Waals surface area contributed by atoms with Crippen LogP contribution in [0.1, 0.15) is 82.5 Å². The highest BCUT2D eigenvalue weighted by Crippen LogP contribution is 2.69. The van der Waals surface area contributed by atoms with E-state index in [1.807, 2.05) is 30.3 Å². The predicted octanol–water partition coefficient (Wildman–Crippen LogP) is 6.09. The molecule has 5 aliphatic rings. The van der Waals surface area contributed by atoms with Gasteiger partial charge in [-0.25, -0.2) is 0 Å². The smallest absolute Gasteiger partial charge is 0.230 e. The van der Waals surface area contributed by atoms with Crippen molar-refractivity contribution in [2.45, 2.75) is 77.9 Å². The van der Waals surface area contributed by atoms with Crippen molar-refractivity contribution in [3.05, 3.63) is 35.9 Å². The number of benzene rings is 1. The maximum atomic E-state index is 14.0. The molecule has 2 unspecified atom stereocenters. The maximum absolute atomic E-state index is 14.0. The minimum absolute atomic E-state index is 0.0361. The molecule has 0 aromatic heterocycles. The summed E-state index contributed by atoms with van der Waals surface area (Å²) in [6.45, 7) is 8.19. The molecule has 1 aromatic rings. The third-order valence-electron chi connectivity index (χ3n) is 11.4. The van der Waals surface area contributed by atoms with Crippen molar-refractivity contribution < 1.29 is 19.1 Å². The Hall–Kier alpha value is -1.52. The summed E-state index contributed by atoms with van der Waals surface area (Å²) in [6, 6.07) is 9.41. The number of rotatable bonds is 3. The van der Waals surface area contributed by atoms with Gasteiger partial charge >= 0.3 is 0 Å². The van der Waals surface area contributed by atoms with Crippen LogP contribution in [0.2, 0.25) is 0 Å². The molecular weight excluding hydrogens is 424 g/mol. The zero-order valence-electron chi connectivity index (χ0n) is 21.1. The second kappa shape index (κ2) is 8.00. The van der Waals surface area contributed by atoms with Crippen molar-refractivity contribution >= 4 is 11.6 Å². The molecule has 1 heterocycles. The molecule has 5 fully saturated rings. The number of carbonyl (C=O) groups excluding carboxylic acids is 2. The largest absolute Gasteiger partial charge is 0.341 e. The fraction of sp³-hybridized carbons (Fsp3) is 0.733. The Morgan fingerprint density at radius 2 is 1.59 bits per heavy atom. The van der Waals surface area contributed by atoms with E-state index in [1.165, 1.54) is 32.1 Å². The summed E-state index contributed by atoms with van der Waals surface area (Å²) >= 11 is 0. The lowest BCUT2D eigenvalue weighted by atomic mass is 9.42. The topological polar surface area (TPSA) is 52.6 Å². The van der Waals surface area contributed by atoms with Gasteiger partial charge in [-0.1, -0.05) is 57.5 Å². The van der Waals surface area contributed by atoms with Crippen LogP contribution in [0.4, 0.5) is 0 Å². The molecule has 1 aromatic carbocycles. The number of fused-ring (bicyclic) bond motifs is 5. The summed E-state index contributed by atoms with van der Waals surface area (Å²) in [5.74, 6) is 0.858. The van der Waals surface area contributed by atoms with Crippen molar-refractivity contribution in [3.63, 3.8) is 0 Å². The first-order valence-corrected chi connectivity index (χ1v) is 13.8. The molecule has 4 saturated carbocycles. The third-order valence-corrected chi connectivity index (χ3v) is 11.4. The zero-order chi connectivity index (χ0) is 23.7. The highest BCUT2D eigenvalue weighted by Gasteiger charge is 2.68. The van der Waals surface area contributed by atoms with Crippen LogP contribution in [0, 0.1) is 46.3 Å². The normalized spacial score (nSPS) is 45.0. The quantitative estimate of drug-likeness (QED) is 0.401. The molecule has 184 valence electrons. The molecule has 8 atom stereocenters. The van der Waals surface area contributed by atoms with Crippen LogP contribution in [0.5, 0.6) is 0 Å². The average Bonchev–Trinajstić information content (AvgIpc) is 3.44. The molecule has 0 amide bonds. The predicted molar refractivity (Wildman–Crippen MR) is 130 cm³/mol. The van der Waals surface area contributed by atoms with E-state index in [0.717, 1.165) is 24.7 Å². The number of Topliss-reactive ketones (excluding diaryl/α,β-unsaturated/α-hetero) is 2. The van der Waals surface area contributed by atoms with Crippen molar-refractivity contribution in [2.24, 2.45) is 46.3 Å². The molecular formula is C30H40O4. The number of ketones is 2. The Labute approximate surface area is 204 Å². The van der Waals surface area contributed by atoms with Gasteiger partial charge in [-0.2, -0.15) is 0 Å². The Balaban J connectivity index is 1.40. The van der Waals surface area contributed by atoms with Gasteiger partial charge in [-0.05, 0) is 78.9 Å². The van der Waals surface area contributed by atoms with E-state index >= 15 is 0 Å². The van der Waals surface area contributed by atoms with Crippen LogP contribution in [0.25, 0.3) is 0 Å². The SMILES string of the molecule is CC[C@H]1CC[C@H]2[C@@H]3CCC4C(C(=O)c5ccccc5)C(=O)C5(C[C@]4(C)[C@H]3CC[C@]12C)OCCO5. The second-order valence-electron chi connectivity index (χ2n) is 12.5. The van der Waals surface area contributed by atoms with Crippen LogP contribution in [0.3, 0.4) is 0 Å². The number of hydrogen-bond donors (Lipinski definition) is 0. The van der Waals surface area contributed by atoms with Gasteiger partial charge in [-0.3, -0.25) is 9.59 Å². The van der Waals surface area contributed by atoms with E-state index in [-0.39, 0.29) is 22.9 Å². The lowest BCUT2D eigenvalue weighted by Gasteiger charge is -2.63. The van der Waals surface area contributed by atoms with Crippen LogP contribution < -0.4 is 0 Å². The summed E-state index contributed by atoms with van der Waals surface area (Å²) in [4.78, 5) is 27.9. The Bertz CT molecular complexity index is 965. The fourth-order valence-corrected chi connectivity index (χ4v) is 9.87. The summed E-state index contributed by atoms with van der Waals surface area (Å²) < 4.78 is 12.2. The molecule has 1 spiro atoms. The lowest BCUT2D eigenvalue weighted by Crippen LogP contribution is -2.64. The highest BCUT2D eigenvalue weighted by molar-refractivity contribution is 6.13. The van der Waals surface area contributed by atoms with Gasteiger partial charge in [0.05, 0.1) is 19.1 Å². The van der Waals surface area contributed by atoms with E-state index in [9.17, 15) is 9.59 Å². The minimum atomic E-state index is -1.23. The van der Waals surface area contributed by atoms with Crippen molar-refractivity contribution in [1.29, 1.82) is 0 Å². The number of ether oxygens (including phenoxy) is 2. The van der Waals surface area contributed by atoms with Gasteiger partial charge < -0.3 is 9.47 Å². The molecule has 4 nitrogen and oxygen atoms in total. The average molecular weight is 465 g/mol. The van der Waals surface area contributed by atoms with Crippen LogP contribution in [0.15, 0.2) is 30.3 Å². The van der Waals surface area contributed by atoms with Gasteiger partial charge in [0.25, 0.3) is 0 Å². The first-order valence-electron chi connectivity index (χ1n) is 13.8. The summed E-state index contributed by atoms with van der Waals surface area (Å²) in [5, 5.41) is 0. The molecule has 1 saturated heterocycles. The van der Waals surface area contributed by atoms with E-state index in [1.54, 1.807) is 0 Å². The lowest BCUT2D eigenvalue weighted by molar-refractivity contribution is -0.233. The number of hydrogen-bond acceptors (Lipinski definition) is 4. The fourth-order valence-electron chi connectivity index (χ4n) is 9.87. The minimum Gasteiger partial charge on any atom is -0.341 e. The second-order valence-corrected chi connectivity index (χ2v) is 12.5. The van der Waals surface area contributed by atoms with Crippen LogP contribution >= 0.6 is 0 Å². The molecule has 0 N–H and O–H groups in total. The number of carbonyl (C=O) groups is 2. The van der Waals surface area contributed by atoms with Gasteiger partial charge in [-0.15, -0.1) is 0 Å². The molecule has 1 aliphatic heterocycles. The maximum Gasteiger partial charge on any atom is 0.230 e. The monoisotopic (exact) mass is 464 g/mol. The molecule has 34 heavy (non-hydrogen) atoms. The first kappa shape index (κ1) is 22.9. The zero-order valence-corrected chi connectivity index (χ0v) is 21.1. The van der Waals surface area contributed by atoms with Gasteiger partial charge in [0.2, 0.25) is 11.6 Å². The standard InChI is InChI=1S/C30H40O4/c1-4-20-10-12-22-21-11-13-24-25(26(31)19-8-6-5-7-9-19)27(32)30(33-16-17-34-30)18-29(24,3)23(21)14-15-28(20,22)2/h5-9,20-25H,4,10-18H2,1-3H3/t20-,21-,22-,23-,24?,25?,28+,29+/m0/s1. The molecule has 4 heteroatoms. The Morgan fingerprint density at radius 3 is 2.29 bits per heavy atom. The summed E-state index contributed by atoms with van der Waals surface area (Å²) in [5.41, 5.74) is 0.973. The van der Waals surface area contributed by atoms with Crippen molar-refractivity contribution in [1.82, 2.24) is 0 Å². The van der Waals surface area contributed by atoms with E-state index < -0.39 is 11.7 Å². The van der Waals surface area contributed by atoms with Gasteiger partial charge in [0.15, 0.2) is 5.78 Å². The Kier molecular flexibility index (Phi) is 5.39. The van der Waals surface area contributed by atoms with E-state index in [0.29, 0.717) is 42.4 Å². The van der Waals surface area contributed by atoms with E-state index in [4.69, 9.17) is 9.47 Å². The molecule has 0 bridgehead atoms. The van der Waals surface area contributed by atoms with E-state index in [2.05, 4.69) is 20.8 Å². The summed E-state index contributed by atoms with van der Waals surface area (Å²) in [7, 11) is 0. The van der Waals surface area contributed by atoms with Crippen molar-refractivity contribution in [2.75, 3.05) is 13.2 Å². The van der Waals surface area contributed by atoms with Gasteiger partial charge in [0, 0.05) is 12.0 Å². The summed E-state index contributed by atoms with van der Waals surface area (Å²) in [6.07, 6.45) is 9.22. The first-order chi connectivity index (χ1) is 16.3. The van der Waals surface area contributed by atoms with Crippen LogP contribution in [-0.2, 0) is 14.3 Å².